The lowest BCUT2D eigenvalue weighted by atomic mass is 10.1. The SMILES string of the molecule is CC(C)(C)NC(=O)c1c[nH]c2ncc(-c3nn(CC(=O)N4CCN(CC(F)(F)F)CC4)c4ccc(OC(F)F)cc34)nc12. The molecule has 16 heteroatoms. The van der Waals surface area contributed by atoms with Gasteiger partial charge < -0.3 is 19.9 Å². The van der Waals surface area contributed by atoms with Gasteiger partial charge in [-0.3, -0.25) is 19.2 Å². The predicted molar refractivity (Wildman–Crippen MR) is 146 cm³/mol. The van der Waals surface area contributed by atoms with E-state index >= 15 is 0 Å². The molecule has 1 aliphatic heterocycles. The lowest BCUT2D eigenvalue weighted by Gasteiger charge is -2.35. The molecule has 1 saturated heterocycles. The average Bonchev–Trinajstić information content (AvgIpc) is 3.48. The van der Waals surface area contributed by atoms with Crippen LogP contribution in [0.5, 0.6) is 5.75 Å². The Balaban J connectivity index is 1.47. The van der Waals surface area contributed by atoms with Crippen molar-refractivity contribution in [3.8, 4) is 17.1 Å². The van der Waals surface area contributed by atoms with Gasteiger partial charge in [-0.1, -0.05) is 0 Å². The number of nitrogens with one attached hydrogen (secondary N) is 2. The van der Waals surface area contributed by atoms with E-state index in [0.717, 1.165) is 0 Å². The van der Waals surface area contributed by atoms with Gasteiger partial charge in [-0.2, -0.15) is 27.1 Å². The summed E-state index contributed by atoms with van der Waals surface area (Å²) in [6.45, 7) is 1.49. The lowest BCUT2D eigenvalue weighted by molar-refractivity contribution is -0.151. The zero-order valence-corrected chi connectivity index (χ0v) is 23.5. The summed E-state index contributed by atoms with van der Waals surface area (Å²) in [4.78, 5) is 40.6. The Labute approximate surface area is 242 Å². The molecular formula is C27H29F5N8O3. The van der Waals surface area contributed by atoms with Crippen LogP contribution >= 0.6 is 0 Å². The van der Waals surface area contributed by atoms with E-state index in [0.29, 0.717) is 16.6 Å². The number of carbonyl (C=O) groups is 2. The Hall–Kier alpha value is -4.34. The molecule has 0 saturated carbocycles. The summed E-state index contributed by atoms with van der Waals surface area (Å²) in [7, 11) is 0. The van der Waals surface area contributed by atoms with Crippen molar-refractivity contribution in [2.24, 2.45) is 0 Å². The first-order chi connectivity index (χ1) is 20.2. The van der Waals surface area contributed by atoms with Crippen molar-refractivity contribution in [3.05, 3.63) is 36.2 Å². The fraction of sp³-hybridized carbons (Fsp3) is 0.444. The van der Waals surface area contributed by atoms with Gasteiger partial charge in [-0.05, 0) is 39.0 Å². The van der Waals surface area contributed by atoms with E-state index < -0.39 is 24.9 Å². The standard InChI is InChI=1S/C27H29F5N8O3/c1-26(2,3)36-24(42)17-11-33-23-22(17)35-18(12-34-23)21-16-10-15(43-25(28)29)4-5-19(16)40(37-21)13-20(41)39-8-6-38(7-9-39)14-27(30,31)32/h4-5,10-12,25H,6-9,13-14H2,1-3H3,(H,33,34)(H,36,42). The highest BCUT2D eigenvalue weighted by Gasteiger charge is 2.33. The van der Waals surface area contributed by atoms with Crippen LogP contribution in [0, 0.1) is 0 Å². The molecule has 2 amide bonds. The monoisotopic (exact) mass is 608 g/mol. The number of rotatable bonds is 7. The van der Waals surface area contributed by atoms with Crippen molar-refractivity contribution in [3.63, 3.8) is 0 Å². The summed E-state index contributed by atoms with van der Waals surface area (Å²) in [5, 5.41) is 7.76. The van der Waals surface area contributed by atoms with Gasteiger partial charge in [0.25, 0.3) is 5.91 Å². The average molecular weight is 609 g/mol. The number of halogens is 5. The summed E-state index contributed by atoms with van der Waals surface area (Å²) in [5.74, 6) is -0.894. The topological polar surface area (TPSA) is 121 Å². The van der Waals surface area contributed by atoms with Crippen LogP contribution < -0.4 is 10.1 Å². The van der Waals surface area contributed by atoms with Gasteiger partial charge in [-0.25, -0.2) is 9.97 Å². The minimum absolute atomic E-state index is 0.0715. The van der Waals surface area contributed by atoms with E-state index in [1.165, 1.54) is 45.1 Å². The molecular weight excluding hydrogens is 579 g/mol. The van der Waals surface area contributed by atoms with Crippen LogP contribution in [0.15, 0.2) is 30.6 Å². The van der Waals surface area contributed by atoms with E-state index in [9.17, 15) is 31.5 Å². The zero-order chi connectivity index (χ0) is 31.1. The summed E-state index contributed by atoms with van der Waals surface area (Å²) in [5.41, 5.74) is 1.15. The summed E-state index contributed by atoms with van der Waals surface area (Å²) in [6.07, 6.45) is -1.44. The van der Waals surface area contributed by atoms with Crippen molar-refractivity contribution in [2.45, 2.75) is 45.6 Å². The van der Waals surface area contributed by atoms with Gasteiger partial charge in [-0.15, -0.1) is 0 Å². The quantitative estimate of drug-likeness (QED) is 0.306. The van der Waals surface area contributed by atoms with E-state index in [2.05, 4.69) is 30.1 Å². The smallest absolute Gasteiger partial charge is 0.401 e. The Bertz CT molecular complexity index is 1650. The first kappa shape index (κ1) is 30.1. The van der Waals surface area contributed by atoms with Gasteiger partial charge in [0.05, 0.1) is 23.8 Å². The number of ether oxygens (including phenoxy) is 1. The molecule has 4 aromatic rings. The normalized spacial score (nSPS) is 15.0. The number of aromatic nitrogens is 5. The van der Waals surface area contributed by atoms with Crippen molar-refractivity contribution < 1.29 is 36.3 Å². The third kappa shape index (κ3) is 7.01. The second-order valence-electron chi connectivity index (χ2n) is 11.2. The van der Waals surface area contributed by atoms with E-state index in [1.807, 2.05) is 20.8 Å². The first-order valence-corrected chi connectivity index (χ1v) is 13.4. The number of piperazine rings is 1. The number of nitrogens with zero attached hydrogens (tertiary/aromatic N) is 6. The van der Waals surface area contributed by atoms with Gasteiger partial charge in [0.1, 0.15) is 29.2 Å². The molecule has 11 nitrogen and oxygen atoms in total. The minimum atomic E-state index is -4.33. The van der Waals surface area contributed by atoms with Gasteiger partial charge >= 0.3 is 12.8 Å². The molecule has 1 aliphatic rings. The molecule has 1 fully saturated rings. The molecule has 0 atom stereocenters. The molecule has 230 valence electrons. The lowest BCUT2D eigenvalue weighted by Crippen LogP contribution is -2.51. The van der Waals surface area contributed by atoms with Gasteiger partial charge in [0, 0.05) is 43.3 Å². The second kappa shape index (κ2) is 11.4. The molecule has 0 radical (unpaired) electrons. The minimum Gasteiger partial charge on any atom is -0.435 e. The highest BCUT2D eigenvalue weighted by molar-refractivity contribution is 6.05. The fourth-order valence-corrected chi connectivity index (χ4v) is 4.87. The third-order valence-electron chi connectivity index (χ3n) is 6.72. The number of aromatic amines is 1. The van der Waals surface area contributed by atoms with Gasteiger partial charge in [0.2, 0.25) is 5.91 Å². The zero-order valence-electron chi connectivity index (χ0n) is 23.5. The van der Waals surface area contributed by atoms with Crippen LogP contribution in [0.4, 0.5) is 22.0 Å². The number of alkyl halides is 5. The molecule has 0 bridgehead atoms. The predicted octanol–water partition coefficient (Wildman–Crippen LogP) is 3.81. The summed E-state index contributed by atoms with van der Waals surface area (Å²) >= 11 is 0. The Kier molecular flexibility index (Phi) is 7.98. The fourth-order valence-electron chi connectivity index (χ4n) is 4.87. The molecule has 5 rings (SSSR count). The second-order valence-corrected chi connectivity index (χ2v) is 11.2. The van der Waals surface area contributed by atoms with Crippen molar-refractivity contribution in [1.29, 1.82) is 0 Å². The Morgan fingerprint density at radius 1 is 1.12 bits per heavy atom. The van der Waals surface area contributed by atoms with Gasteiger partial charge in [0.15, 0.2) is 5.65 Å². The van der Waals surface area contributed by atoms with Crippen LogP contribution in [-0.4, -0.2) is 97.4 Å². The Morgan fingerprint density at radius 2 is 1.84 bits per heavy atom. The summed E-state index contributed by atoms with van der Waals surface area (Å²) < 4.78 is 70.2. The van der Waals surface area contributed by atoms with E-state index in [-0.39, 0.29) is 72.8 Å². The maximum Gasteiger partial charge on any atom is 0.401 e. The van der Waals surface area contributed by atoms with Crippen LogP contribution in [0.25, 0.3) is 33.5 Å². The van der Waals surface area contributed by atoms with Crippen molar-refractivity contribution >= 4 is 33.9 Å². The number of H-pyrrole nitrogens is 1. The third-order valence-corrected chi connectivity index (χ3v) is 6.72. The van der Waals surface area contributed by atoms with Crippen LogP contribution in [0.3, 0.4) is 0 Å². The van der Waals surface area contributed by atoms with Crippen molar-refractivity contribution in [1.82, 2.24) is 39.8 Å². The number of amides is 2. The maximum absolute atomic E-state index is 13.2. The molecule has 1 aromatic carbocycles. The highest BCUT2D eigenvalue weighted by atomic mass is 19.4. The molecule has 43 heavy (non-hydrogen) atoms. The van der Waals surface area contributed by atoms with E-state index in [4.69, 9.17) is 0 Å². The molecule has 3 aromatic heterocycles. The number of carbonyl (C=O) groups excluding carboxylic acids is 2. The van der Waals surface area contributed by atoms with Crippen LogP contribution in [0.2, 0.25) is 0 Å². The molecule has 4 heterocycles. The largest absolute Gasteiger partial charge is 0.435 e. The summed E-state index contributed by atoms with van der Waals surface area (Å²) in [6, 6.07) is 4.13. The first-order valence-electron chi connectivity index (χ1n) is 13.4. The van der Waals surface area contributed by atoms with Crippen LogP contribution in [0.1, 0.15) is 31.1 Å². The molecule has 2 N–H and O–H groups in total. The van der Waals surface area contributed by atoms with Crippen molar-refractivity contribution in [2.75, 3.05) is 32.7 Å². The molecule has 0 aliphatic carbocycles. The maximum atomic E-state index is 13.2. The Morgan fingerprint density at radius 3 is 2.49 bits per heavy atom. The highest BCUT2D eigenvalue weighted by Crippen LogP contribution is 2.32. The number of hydrogen-bond donors (Lipinski definition) is 2. The van der Waals surface area contributed by atoms with E-state index in [1.54, 1.807) is 0 Å². The number of benzene rings is 1. The number of fused-ring (bicyclic) bond motifs is 2. The molecule has 0 unspecified atom stereocenters. The van der Waals surface area contributed by atoms with Crippen LogP contribution in [-0.2, 0) is 11.3 Å². The number of hydrogen-bond acceptors (Lipinski definition) is 7. The molecule has 0 spiro atoms.